The molecule has 0 bridgehead atoms. The lowest BCUT2D eigenvalue weighted by atomic mass is 9.93. The summed E-state index contributed by atoms with van der Waals surface area (Å²) in [6.45, 7) is 4.47. The molecule has 10 aromatic rings. The Bertz CT molecular complexity index is 2900. The lowest BCUT2D eigenvalue weighted by Gasteiger charge is -2.13. The first-order chi connectivity index (χ1) is 23.7. The largest absolute Gasteiger partial charge is 0.455 e. The molecule has 10 rings (SSSR count). The minimum absolute atomic E-state index is 0.904. The summed E-state index contributed by atoms with van der Waals surface area (Å²) in [5, 5.41) is 7.42. The molecule has 228 valence electrons. The Hall–Kier alpha value is -5.64. The SMILES string of the molecule is CCc1cc2c(cc1-c1ccccc1C)c1ccccc1n2-c1ccc2oc3c(-c4cccc5c4sc4ccccc45)cccc3c2c1. The van der Waals surface area contributed by atoms with Crippen LogP contribution in [-0.2, 0) is 6.42 Å². The van der Waals surface area contributed by atoms with E-state index in [9.17, 15) is 0 Å². The van der Waals surface area contributed by atoms with Crippen LogP contribution in [0.2, 0.25) is 0 Å². The van der Waals surface area contributed by atoms with Gasteiger partial charge in [0.15, 0.2) is 0 Å². The van der Waals surface area contributed by atoms with Crippen molar-refractivity contribution in [3.63, 3.8) is 0 Å². The van der Waals surface area contributed by atoms with Gasteiger partial charge in [0, 0.05) is 58.5 Å². The molecule has 0 saturated carbocycles. The maximum atomic E-state index is 6.72. The highest BCUT2D eigenvalue weighted by Crippen LogP contribution is 2.44. The molecule has 0 radical (unpaired) electrons. The predicted octanol–water partition coefficient (Wildman–Crippen LogP) is 13.3. The number of nitrogens with zero attached hydrogens (tertiary/aromatic N) is 1. The van der Waals surface area contributed by atoms with E-state index in [1.54, 1.807) is 0 Å². The van der Waals surface area contributed by atoms with E-state index in [2.05, 4.69) is 158 Å². The number of thiophene rings is 1. The number of hydrogen-bond donors (Lipinski definition) is 0. The van der Waals surface area contributed by atoms with E-state index in [1.807, 2.05) is 11.3 Å². The van der Waals surface area contributed by atoms with Gasteiger partial charge in [0.25, 0.3) is 0 Å². The average molecular weight is 634 g/mol. The molecular weight excluding hydrogens is 603 g/mol. The summed E-state index contributed by atoms with van der Waals surface area (Å²) in [4.78, 5) is 0. The highest BCUT2D eigenvalue weighted by molar-refractivity contribution is 7.26. The second-order valence-corrected chi connectivity index (χ2v) is 13.8. The van der Waals surface area contributed by atoms with Gasteiger partial charge in [-0.15, -0.1) is 11.3 Å². The van der Waals surface area contributed by atoms with Crippen molar-refractivity contribution in [3.05, 3.63) is 151 Å². The summed E-state index contributed by atoms with van der Waals surface area (Å²) >= 11 is 1.86. The molecule has 3 heteroatoms. The Morgan fingerprint density at radius 3 is 2.15 bits per heavy atom. The molecule has 7 aromatic carbocycles. The van der Waals surface area contributed by atoms with E-state index in [1.165, 1.54) is 69.8 Å². The molecule has 0 fully saturated rings. The number of rotatable bonds is 4. The van der Waals surface area contributed by atoms with E-state index in [0.29, 0.717) is 0 Å². The van der Waals surface area contributed by atoms with E-state index >= 15 is 0 Å². The third kappa shape index (κ3) is 3.92. The molecule has 0 unspecified atom stereocenters. The number of aromatic nitrogens is 1. The van der Waals surface area contributed by atoms with Crippen LogP contribution in [0.15, 0.2) is 144 Å². The summed E-state index contributed by atoms with van der Waals surface area (Å²) in [6, 6.07) is 51.0. The molecule has 0 atom stereocenters. The van der Waals surface area contributed by atoms with Crippen LogP contribution < -0.4 is 0 Å². The standard InChI is InChI=1S/C45H31NOS/c1-3-28-24-41-38(26-37(28)30-13-5-4-12-27(30)2)31-14-6-8-20-40(31)46(41)29-22-23-42-39(25-29)34-17-10-16-33(44(34)47-42)36-19-11-18-35-32-15-7-9-21-43(32)48-45(35)36/h4-26H,3H2,1-2H3. The lowest BCUT2D eigenvalue weighted by molar-refractivity contribution is 0.670. The molecule has 3 heterocycles. The molecule has 0 spiro atoms. The number of para-hydroxylation sites is 2. The van der Waals surface area contributed by atoms with Crippen molar-refractivity contribution in [3.8, 4) is 27.9 Å². The van der Waals surface area contributed by atoms with Gasteiger partial charge < -0.3 is 8.98 Å². The minimum atomic E-state index is 0.904. The van der Waals surface area contributed by atoms with Crippen LogP contribution in [0.4, 0.5) is 0 Å². The highest BCUT2D eigenvalue weighted by Gasteiger charge is 2.19. The van der Waals surface area contributed by atoms with E-state index in [4.69, 9.17) is 4.42 Å². The summed E-state index contributed by atoms with van der Waals surface area (Å²) in [5.74, 6) is 0. The van der Waals surface area contributed by atoms with E-state index < -0.39 is 0 Å². The number of fused-ring (bicyclic) bond motifs is 9. The van der Waals surface area contributed by atoms with Crippen molar-refractivity contribution < 1.29 is 4.42 Å². The van der Waals surface area contributed by atoms with Gasteiger partial charge in [0.05, 0.1) is 11.0 Å². The van der Waals surface area contributed by atoms with Crippen LogP contribution in [0.1, 0.15) is 18.1 Å². The Balaban J connectivity index is 1.20. The summed E-state index contributed by atoms with van der Waals surface area (Å²) in [7, 11) is 0. The summed E-state index contributed by atoms with van der Waals surface area (Å²) < 4.78 is 11.8. The van der Waals surface area contributed by atoms with Crippen LogP contribution in [0.3, 0.4) is 0 Å². The topological polar surface area (TPSA) is 18.1 Å². The van der Waals surface area contributed by atoms with Crippen molar-refractivity contribution in [1.82, 2.24) is 4.57 Å². The summed E-state index contributed by atoms with van der Waals surface area (Å²) in [5.41, 5.74) is 13.1. The van der Waals surface area contributed by atoms with Gasteiger partial charge in [-0.2, -0.15) is 0 Å². The predicted molar refractivity (Wildman–Crippen MR) is 206 cm³/mol. The molecule has 0 N–H and O–H groups in total. The minimum Gasteiger partial charge on any atom is -0.455 e. The fraction of sp³-hybridized carbons (Fsp3) is 0.0667. The molecule has 0 saturated heterocycles. The number of furan rings is 1. The van der Waals surface area contributed by atoms with Crippen molar-refractivity contribution in [1.29, 1.82) is 0 Å². The molecule has 48 heavy (non-hydrogen) atoms. The van der Waals surface area contributed by atoms with Gasteiger partial charge in [-0.3, -0.25) is 0 Å². The second-order valence-electron chi connectivity index (χ2n) is 12.8. The maximum Gasteiger partial charge on any atom is 0.143 e. The van der Waals surface area contributed by atoms with Crippen LogP contribution >= 0.6 is 11.3 Å². The zero-order valence-electron chi connectivity index (χ0n) is 26.7. The third-order valence-corrected chi connectivity index (χ3v) is 11.4. The van der Waals surface area contributed by atoms with Gasteiger partial charge in [-0.1, -0.05) is 104 Å². The van der Waals surface area contributed by atoms with Crippen molar-refractivity contribution in [2.24, 2.45) is 0 Å². The molecule has 0 amide bonds. The average Bonchev–Trinajstić information content (AvgIpc) is 3.80. The number of benzene rings is 7. The monoisotopic (exact) mass is 633 g/mol. The normalized spacial score (nSPS) is 12.0. The Kier molecular flexibility index (Phi) is 5.97. The van der Waals surface area contributed by atoms with Gasteiger partial charge >= 0.3 is 0 Å². The Labute approximate surface area is 282 Å². The maximum absolute atomic E-state index is 6.72. The van der Waals surface area contributed by atoms with E-state index in [0.717, 1.165) is 39.6 Å². The molecular formula is C45H31NOS. The Morgan fingerprint density at radius 1 is 0.542 bits per heavy atom. The van der Waals surface area contributed by atoms with Crippen LogP contribution in [-0.4, -0.2) is 4.57 Å². The molecule has 2 nitrogen and oxygen atoms in total. The van der Waals surface area contributed by atoms with Crippen molar-refractivity contribution >= 4 is 75.3 Å². The second kappa shape index (κ2) is 10.4. The third-order valence-electron chi connectivity index (χ3n) is 10.1. The number of hydrogen-bond acceptors (Lipinski definition) is 2. The lowest BCUT2D eigenvalue weighted by Crippen LogP contribution is -1.96. The zero-order chi connectivity index (χ0) is 31.9. The summed E-state index contributed by atoms with van der Waals surface area (Å²) in [6.07, 6.45) is 0.960. The fourth-order valence-electron chi connectivity index (χ4n) is 7.85. The van der Waals surface area contributed by atoms with Crippen LogP contribution in [0, 0.1) is 6.92 Å². The quantitative estimate of drug-likeness (QED) is 0.189. The first kappa shape index (κ1) is 27.5. The van der Waals surface area contributed by atoms with Crippen LogP contribution in [0.25, 0.3) is 91.9 Å². The molecule has 0 aliphatic rings. The first-order valence-corrected chi connectivity index (χ1v) is 17.5. The molecule has 3 aromatic heterocycles. The van der Waals surface area contributed by atoms with E-state index in [-0.39, 0.29) is 0 Å². The molecule has 0 aliphatic heterocycles. The highest BCUT2D eigenvalue weighted by atomic mass is 32.1. The Morgan fingerprint density at radius 2 is 1.27 bits per heavy atom. The first-order valence-electron chi connectivity index (χ1n) is 16.7. The molecule has 0 aliphatic carbocycles. The fourth-order valence-corrected chi connectivity index (χ4v) is 9.08. The van der Waals surface area contributed by atoms with Crippen LogP contribution in [0.5, 0.6) is 0 Å². The zero-order valence-corrected chi connectivity index (χ0v) is 27.6. The number of aryl methyl sites for hydroxylation is 2. The van der Waals surface area contributed by atoms with Gasteiger partial charge in [-0.05, 0) is 78.1 Å². The van der Waals surface area contributed by atoms with Crippen molar-refractivity contribution in [2.45, 2.75) is 20.3 Å². The van der Waals surface area contributed by atoms with Gasteiger partial charge in [-0.25, -0.2) is 0 Å². The van der Waals surface area contributed by atoms with Crippen molar-refractivity contribution in [2.75, 3.05) is 0 Å². The van der Waals surface area contributed by atoms with Gasteiger partial charge in [0.2, 0.25) is 0 Å². The van der Waals surface area contributed by atoms with Gasteiger partial charge in [0.1, 0.15) is 11.2 Å². The smallest absolute Gasteiger partial charge is 0.143 e.